The Bertz CT molecular complexity index is 3170. The lowest BCUT2D eigenvalue weighted by Gasteiger charge is -2.29. The van der Waals surface area contributed by atoms with Gasteiger partial charge in [-0.25, -0.2) is 0 Å². The van der Waals surface area contributed by atoms with E-state index in [0.29, 0.717) is 0 Å². The van der Waals surface area contributed by atoms with Crippen molar-refractivity contribution in [2.75, 3.05) is 4.90 Å². The largest absolute Gasteiger partial charge is 0.310 e. The number of hydrogen-bond donors (Lipinski definition) is 0. The Morgan fingerprint density at radius 1 is 0.364 bits per heavy atom. The zero-order valence-electron chi connectivity index (χ0n) is 29.9. The Hall–Kier alpha value is -6.94. The molecule has 0 atom stereocenters. The number of anilines is 3. The Labute approximate surface area is 323 Å². The molecule has 2 aromatic heterocycles. The van der Waals surface area contributed by atoms with E-state index < -0.39 is 0 Å². The highest BCUT2D eigenvalue weighted by Crippen LogP contribution is 2.46. The third-order valence-corrected chi connectivity index (χ3v) is 12.1. The first-order valence-electron chi connectivity index (χ1n) is 18.8. The first kappa shape index (κ1) is 31.6. The van der Waals surface area contributed by atoms with Gasteiger partial charge in [0.15, 0.2) is 0 Å². The SMILES string of the molecule is c1ccc(N(c2ccc3sc4ccccc4c3c2)c2ccc(-c3ccccc3-n3c4ccccc4c4ccccc43)cc2-c2ccc3ccccc3c2)cc1. The second-order valence-electron chi connectivity index (χ2n) is 14.1. The van der Waals surface area contributed by atoms with E-state index in [1.807, 2.05) is 11.3 Å². The fourth-order valence-corrected chi connectivity index (χ4v) is 9.53. The Balaban J connectivity index is 1.17. The normalized spacial score (nSPS) is 11.6. The smallest absolute Gasteiger partial charge is 0.0541 e. The minimum absolute atomic E-state index is 1.11. The van der Waals surface area contributed by atoms with Crippen LogP contribution in [0.4, 0.5) is 17.1 Å². The number of para-hydroxylation sites is 4. The standard InChI is InChI=1S/C52H34N2S/c1-2-16-39(17-3-1)53(40-29-31-52-46(34-40)44-21-9-13-25-51(44)55-52)50-30-28-38(33-45(50)37-27-26-35-14-4-5-15-36(35)32-37)41-18-6-10-22-47(41)54-48-23-11-7-19-42(48)43-20-8-12-24-49(43)54/h1-34H. The molecule has 0 saturated carbocycles. The molecule has 0 unspecified atom stereocenters. The molecule has 0 radical (unpaired) electrons. The summed E-state index contributed by atoms with van der Waals surface area (Å²) in [6.45, 7) is 0. The minimum atomic E-state index is 1.11. The van der Waals surface area contributed by atoms with Crippen LogP contribution >= 0.6 is 11.3 Å². The Kier molecular flexibility index (Phi) is 7.39. The van der Waals surface area contributed by atoms with Crippen molar-refractivity contribution in [2.24, 2.45) is 0 Å². The van der Waals surface area contributed by atoms with Gasteiger partial charge in [-0.2, -0.15) is 0 Å². The number of aromatic nitrogens is 1. The van der Waals surface area contributed by atoms with Gasteiger partial charge in [-0.15, -0.1) is 11.3 Å². The highest BCUT2D eigenvalue weighted by atomic mass is 32.1. The van der Waals surface area contributed by atoms with Gasteiger partial charge in [0.2, 0.25) is 0 Å². The molecule has 0 fully saturated rings. The first-order chi connectivity index (χ1) is 27.3. The third kappa shape index (κ3) is 5.24. The highest BCUT2D eigenvalue weighted by molar-refractivity contribution is 7.25. The van der Waals surface area contributed by atoms with Gasteiger partial charge in [-0.3, -0.25) is 0 Å². The van der Waals surface area contributed by atoms with Crippen LogP contribution in [0.1, 0.15) is 0 Å². The van der Waals surface area contributed by atoms with Crippen molar-refractivity contribution < 1.29 is 0 Å². The van der Waals surface area contributed by atoms with Crippen molar-refractivity contribution in [1.29, 1.82) is 0 Å². The van der Waals surface area contributed by atoms with E-state index in [4.69, 9.17) is 0 Å². The summed E-state index contributed by atoms with van der Waals surface area (Å²) in [5.41, 5.74) is 11.6. The monoisotopic (exact) mass is 718 g/mol. The average Bonchev–Trinajstić information content (AvgIpc) is 3.80. The van der Waals surface area contributed by atoms with Gasteiger partial charge in [-0.1, -0.05) is 133 Å². The molecule has 2 heterocycles. The minimum Gasteiger partial charge on any atom is -0.310 e. The van der Waals surface area contributed by atoms with E-state index in [1.54, 1.807) is 0 Å². The second kappa shape index (κ2) is 12.9. The van der Waals surface area contributed by atoms with Gasteiger partial charge < -0.3 is 9.47 Å². The maximum atomic E-state index is 2.43. The summed E-state index contributed by atoms with van der Waals surface area (Å²) in [6, 6.07) is 75.4. The van der Waals surface area contributed by atoms with Gasteiger partial charge in [0.05, 0.1) is 22.4 Å². The predicted molar refractivity (Wildman–Crippen MR) is 237 cm³/mol. The van der Waals surface area contributed by atoms with Crippen molar-refractivity contribution in [3.05, 3.63) is 206 Å². The highest BCUT2D eigenvalue weighted by Gasteiger charge is 2.21. The number of thiophene rings is 1. The van der Waals surface area contributed by atoms with E-state index in [9.17, 15) is 0 Å². The van der Waals surface area contributed by atoms with Crippen molar-refractivity contribution in [2.45, 2.75) is 0 Å². The summed E-state index contributed by atoms with van der Waals surface area (Å²) < 4.78 is 5.04. The molecule has 9 aromatic carbocycles. The van der Waals surface area contributed by atoms with Crippen LogP contribution in [0.2, 0.25) is 0 Å². The van der Waals surface area contributed by atoms with Crippen LogP contribution in [0.5, 0.6) is 0 Å². The molecular formula is C52H34N2S. The predicted octanol–water partition coefficient (Wildman–Crippen LogP) is 15.1. The van der Waals surface area contributed by atoms with Crippen LogP contribution in [-0.4, -0.2) is 4.57 Å². The van der Waals surface area contributed by atoms with Gasteiger partial charge in [0.1, 0.15) is 0 Å². The quantitative estimate of drug-likeness (QED) is 0.166. The summed E-state index contributed by atoms with van der Waals surface area (Å²) in [6.07, 6.45) is 0. The lowest BCUT2D eigenvalue weighted by molar-refractivity contribution is 1.18. The molecule has 2 nitrogen and oxygen atoms in total. The fourth-order valence-electron chi connectivity index (χ4n) is 8.44. The number of fused-ring (bicyclic) bond motifs is 7. The molecule has 0 bridgehead atoms. The molecule has 0 aliphatic carbocycles. The Morgan fingerprint density at radius 3 is 1.80 bits per heavy atom. The first-order valence-corrected chi connectivity index (χ1v) is 19.6. The molecular weight excluding hydrogens is 685 g/mol. The number of nitrogens with zero attached hydrogens (tertiary/aromatic N) is 2. The number of rotatable bonds is 6. The van der Waals surface area contributed by atoms with Crippen molar-refractivity contribution >= 4 is 81.1 Å². The molecule has 11 rings (SSSR count). The zero-order chi connectivity index (χ0) is 36.3. The molecule has 0 aliphatic rings. The van der Waals surface area contributed by atoms with E-state index in [1.165, 1.54) is 69.4 Å². The van der Waals surface area contributed by atoms with Crippen molar-refractivity contribution in [1.82, 2.24) is 4.57 Å². The number of hydrogen-bond acceptors (Lipinski definition) is 2. The maximum absolute atomic E-state index is 2.43. The van der Waals surface area contributed by atoms with Gasteiger partial charge in [-0.05, 0) is 94.7 Å². The van der Waals surface area contributed by atoms with Gasteiger partial charge in [0, 0.05) is 53.4 Å². The van der Waals surface area contributed by atoms with E-state index in [-0.39, 0.29) is 0 Å². The van der Waals surface area contributed by atoms with Crippen LogP contribution < -0.4 is 4.90 Å². The lowest BCUT2D eigenvalue weighted by atomic mass is 9.94. The van der Waals surface area contributed by atoms with E-state index >= 15 is 0 Å². The summed E-state index contributed by atoms with van der Waals surface area (Å²) in [4.78, 5) is 2.43. The van der Waals surface area contributed by atoms with Crippen LogP contribution in [-0.2, 0) is 0 Å². The average molecular weight is 719 g/mol. The second-order valence-corrected chi connectivity index (χ2v) is 15.2. The summed E-state index contributed by atoms with van der Waals surface area (Å²) in [5, 5.41) is 7.55. The molecule has 55 heavy (non-hydrogen) atoms. The molecule has 258 valence electrons. The van der Waals surface area contributed by atoms with E-state index in [0.717, 1.165) is 28.3 Å². The van der Waals surface area contributed by atoms with Crippen LogP contribution in [0.25, 0.3) is 80.7 Å². The molecule has 0 amide bonds. The summed E-state index contributed by atoms with van der Waals surface area (Å²) in [5.74, 6) is 0. The lowest BCUT2D eigenvalue weighted by Crippen LogP contribution is -2.11. The number of benzene rings is 9. The maximum Gasteiger partial charge on any atom is 0.0541 e. The Morgan fingerprint density at radius 2 is 0.982 bits per heavy atom. The van der Waals surface area contributed by atoms with Crippen LogP contribution in [0.15, 0.2) is 206 Å². The topological polar surface area (TPSA) is 8.17 Å². The molecule has 0 N–H and O–H groups in total. The third-order valence-electron chi connectivity index (χ3n) is 11.0. The molecule has 11 aromatic rings. The van der Waals surface area contributed by atoms with Crippen LogP contribution in [0, 0.1) is 0 Å². The van der Waals surface area contributed by atoms with Crippen molar-refractivity contribution in [3.8, 4) is 27.9 Å². The van der Waals surface area contributed by atoms with Gasteiger partial charge in [0.25, 0.3) is 0 Å². The van der Waals surface area contributed by atoms with Gasteiger partial charge >= 0.3 is 0 Å². The zero-order valence-corrected chi connectivity index (χ0v) is 30.7. The van der Waals surface area contributed by atoms with Crippen LogP contribution in [0.3, 0.4) is 0 Å². The van der Waals surface area contributed by atoms with Crippen molar-refractivity contribution in [3.63, 3.8) is 0 Å². The summed E-state index contributed by atoms with van der Waals surface area (Å²) in [7, 11) is 0. The molecule has 0 spiro atoms. The molecule has 0 aliphatic heterocycles. The molecule has 0 saturated heterocycles. The fraction of sp³-hybridized carbons (Fsp3) is 0. The molecule has 3 heteroatoms. The van der Waals surface area contributed by atoms with E-state index in [2.05, 4.69) is 216 Å². The summed E-state index contributed by atoms with van der Waals surface area (Å²) >= 11 is 1.86.